The Bertz CT molecular complexity index is 1620. The first-order valence-electron chi connectivity index (χ1n) is 14.6. The normalized spacial score (nSPS) is 15.7. The highest BCUT2D eigenvalue weighted by Gasteiger charge is 2.30. The summed E-state index contributed by atoms with van der Waals surface area (Å²) < 4.78 is 39.5. The topological polar surface area (TPSA) is 106 Å². The molecule has 0 atom stereocenters. The molecule has 0 radical (unpaired) electrons. The van der Waals surface area contributed by atoms with Crippen molar-refractivity contribution in [2.75, 3.05) is 32.5 Å². The summed E-state index contributed by atoms with van der Waals surface area (Å²) in [7, 11) is 3.27. The van der Waals surface area contributed by atoms with E-state index in [0.717, 1.165) is 25.0 Å². The largest absolute Gasteiger partial charge is 0.412 e. The first kappa shape index (κ1) is 35.2. The van der Waals surface area contributed by atoms with Crippen molar-refractivity contribution in [2.24, 2.45) is 20.0 Å². The summed E-state index contributed by atoms with van der Waals surface area (Å²) in [6.07, 6.45) is 3.43. The number of hydrogen-bond acceptors (Lipinski definition) is 7. The molecule has 3 N–H and O–H groups in total. The Morgan fingerprint density at radius 2 is 1.87 bits per heavy atom. The Labute approximate surface area is 267 Å². The molecular weight excluding hydrogens is 593 g/mol. The third-order valence-corrected chi connectivity index (χ3v) is 6.84. The fraction of sp³-hybridized carbons (Fsp3) is 0.265. The van der Waals surface area contributed by atoms with E-state index in [0.29, 0.717) is 41.7 Å². The van der Waals surface area contributed by atoms with Crippen molar-refractivity contribution >= 4 is 35.8 Å². The zero-order valence-corrected chi connectivity index (χ0v) is 26.6. The molecule has 0 bridgehead atoms. The molecule has 1 aliphatic heterocycles. The Hall–Kier alpha value is -5.26. The van der Waals surface area contributed by atoms with Crippen molar-refractivity contribution in [3.05, 3.63) is 113 Å². The fourth-order valence-corrected chi connectivity index (χ4v) is 4.01. The van der Waals surface area contributed by atoms with Gasteiger partial charge in [0.2, 0.25) is 5.96 Å². The highest BCUT2D eigenvalue weighted by molar-refractivity contribution is 6.42. The van der Waals surface area contributed by atoms with Crippen LogP contribution in [0.4, 0.5) is 18.9 Å². The van der Waals surface area contributed by atoms with E-state index in [2.05, 4.69) is 54.6 Å². The number of guanidine groups is 1. The first-order chi connectivity index (χ1) is 21.9. The number of aliphatic imine (C=N–C) groups is 4. The maximum Gasteiger partial charge on any atom is 0.412 e. The molecule has 3 rings (SSSR count). The number of hydrogen-bond donors (Lipinski definition) is 3. The van der Waals surface area contributed by atoms with Crippen molar-refractivity contribution in [3.8, 4) is 0 Å². The highest BCUT2D eigenvalue weighted by Crippen LogP contribution is 2.26. The van der Waals surface area contributed by atoms with Gasteiger partial charge in [0, 0.05) is 61.6 Å². The van der Waals surface area contributed by atoms with Gasteiger partial charge in [-0.05, 0) is 62.6 Å². The van der Waals surface area contributed by atoms with E-state index in [-0.39, 0.29) is 11.4 Å². The number of benzene rings is 2. The average molecular weight is 633 g/mol. The van der Waals surface area contributed by atoms with Crippen molar-refractivity contribution in [3.63, 3.8) is 0 Å². The van der Waals surface area contributed by atoms with Gasteiger partial charge in [0.1, 0.15) is 17.7 Å². The van der Waals surface area contributed by atoms with E-state index < -0.39 is 17.7 Å². The van der Waals surface area contributed by atoms with Crippen LogP contribution in [0, 0.1) is 6.92 Å². The molecule has 0 unspecified atom stereocenters. The second-order valence-electron chi connectivity index (χ2n) is 10.3. The second kappa shape index (κ2) is 16.7. The fourth-order valence-electron chi connectivity index (χ4n) is 4.01. The summed E-state index contributed by atoms with van der Waals surface area (Å²) in [4.78, 5) is 31.9. The predicted octanol–water partition coefficient (Wildman–Crippen LogP) is 6.21. The van der Waals surface area contributed by atoms with Crippen LogP contribution >= 0.6 is 0 Å². The molecule has 1 amide bonds. The number of allylic oxidation sites excluding steroid dienone is 4. The number of nitrogens with one attached hydrogen (secondary N) is 3. The second-order valence-corrected chi connectivity index (χ2v) is 10.3. The summed E-state index contributed by atoms with van der Waals surface area (Å²) in [6, 6.07) is 15.2. The number of carbonyl (C=O) groups excluding carboxylic acids is 1. The lowest BCUT2D eigenvalue weighted by Crippen LogP contribution is -2.28. The molecule has 0 fully saturated rings. The Morgan fingerprint density at radius 3 is 2.54 bits per heavy atom. The molecule has 2 aromatic rings. The van der Waals surface area contributed by atoms with Crippen LogP contribution in [0.2, 0.25) is 0 Å². The predicted molar refractivity (Wildman–Crippen MR) is 182 cm³/mol. The molecule has 0 spiro atoms. The molecule has 0 saturated heterocycles. The van der Waals surface area contributed by atoms with Gasteiger partial charge in [0.25, 0.3) is 5.91 Å². The van der Waals surface area contributed by atoms with Crippen LogP contribution in [-0.2, 0) is 6.42 Å². The van der Waals surface area contributed by atoms with Gasteiger partial charge in [0.15, 0.2) is 0 Å². The zero-order chi connectivity index (χ0) is 33.7. The SMILES string of the molecule is C=C(/C=C(\C=C(/C)C(F)(F)F)N(C)CC)NC(=O)c1ccc(C)c(N\C=C2/N=C(NCCc3ccccc3)N=C/C2=N/C=N\C)c1. The third kappa shape index (κ3) is 10.7. The molecule has 0 aliphatic carbocycles. The summed E-state index contributed by atoms with van der Waals surface area (Å²) >= 11 is 0. The molecule has 242 valence electrons. The third-order valence-electron chi connectivity index (χ3n) is 6.84. The molecule has 2 aromatic carbocycles. The summed E-state index contributed by atoms with van der Waals surface area (Å²) in [5.74, 6) is -0.0396. The van der Waals surface area contributed by atoms with Gasteiger partial charge in [-0.25, -0.2) is 15.0 Å². The quantitative estimate of drug-likeness (QED) is 0.147. The number of rotatable bonds is 12. The summed E-state index contributed by atoms with van der Waals surface area (Å²) in [5.41, 5.74) is 3.63. The molecule has 1 aliphatic rings. The number of amides is 1. The lowest BCUT2D eigenvalue weighted by Gasteiger charge is -2.20. The van der Waals surface area contributed by atoms with Gasteiger partial charge in [-0.3, -0.25) is 9.79 Å². The van der Waals surface area contributed by atoms with Crippen LogP contribution in [0.5, 0.6) is 0 Å². The van der Waals surface area contributed by atoms with E-state index in [9.17, 15) is 18.0 Å². The van der Waals surface area contributed by atoms with Gasteiger partial charge in [-0.1, -0.05) is 43.0 Å². The molecule has 12 heteroatoms. The smallest absolute Gasteiger partial charge is 0.375 e. The van der Waals surface area contributed by atoms with E-state index in [1.54, 1.807) is 49.6 Å². The van der Waals surface area contributed by atoms with E-state index in [1.807, 2.05) is 32.0 Å². The number of halogens is 3. The molecule has 0 aromatic heterocycles. The van der Waals surface area contributed by atoms with Crippen LogP contribution < -0.4 is 16.0 Å². The van der Waals surface area contributed by atoms with Crippen LogP contribution in [0.25, 0.3) is 0 Å². The number of alkyl halides is 3. The average Bonchev–Trinajstić information content (AvgIpc) is 3.03. The van der Waals surface area contributed by atoms with Crippen molar-refractivity contribution in [1.29, 1.82) is 0 Å². The molecule has 46 heavy (non-hydrogen) atoms. The minimum absolute atomic E-state index is 0.144. The lowest BCUT2D eigenvalue weighted by molar-refractivity contribution is -0.0914. The van der Waals surface area contributed by atoms with Crippen molar-refractivity contribution in [1.82, 2.24) is 15.5 Å². The van der Waals surface area contributed by atoms with Gasteiger partial charge >= 0.3 is 6.18 Å². The lowest BCUT2D eigenvalue weighted by atomic mass is 10.1. The monoisotopic (exact) mass is 632 g/mol. The zero-order valence-electron chi connectivity index (χ0n) is 26.6. The minimum atomic E-state index is -4.47. The molecule has 0 saturated carbocycles. The van der Waals surface area contributed by atoms with Crippen molar-refractivity contribution < 1.29 is 18.0 Å². The Morgan fingerprint density at radius 1 is 1.13 bits per heavy atom. The van der Waals surface area contributed by atoms with Crippen LogP contribution in [-0.4, -0.2) is 68.4 Å². The number of likely N-dealkylation sites (N-methyl/N-ethyl adjacent to an activating group) is 1. The van der Waals surface area contributed by atoms with Gasteiger partial charge in [-0.15, -0.1) is 0 Å². The number of anilines is 1. The van der Waals surface area contributed by atoms with Gasteiger partial charge in [0.05, 0.1) is 6.21 Å². The van der Waals surface area contributed by atoms with Gasteiger partial charge in [-0.2, -0.15) is 13.2 Å². The molecule has 1 heterocycles. The summed E-state index contributed by atoms with van der Waals surface area (Å²) in [6.45, 7) is 9.61. The van der Waals surface area contributed by atoms with E-state index in [4.69, 9.17) is 0 Å². The van der Waals surface area contributed by atoms with E-state index in [1.165, 1.54) is 18.0 Å². The summed E-state index contributed by atoms with van der Waals surface area (Å²) in [5, 5.41) is 9.11. The minimum Gasteiger partial charge on any atom is -0.375 e. The van der Waals surface area contributed by atoms with Crippen LogP contribution in [0.15, 0.2) is 116 Å². The molecular formula is C34H39F3N8O. The van der Waals surface area contributed by atoms with Crippen molar-refractivity contribution in [2.45, 2.75) is 33.4 Å². The number of nitrogens with zero attached hydrogens (tertiary/aromatic N) is 5. The maximum atomic E-state index is 13.2. The Kier molecular flexibility index (Phi) is 12.8. The maximum absolute atomic E-state index is 13.2. The van der Waals surface area contributed by atoms with Gasteiger partial charge < -0.3 is 20.9 Å². The molecule has 9 nitrogen and oxygen atoms in total. The number of carbonyl (C=O) groups is 1. The van der Waals surface area contributed by atoms with Crippen LogP contribution in [0.1, 0.15) is 35.3 Å². The Balaban J connectivity index is 1.78. The van der Waals surface area contributed by atoms with E-state index >= 15 is 0 Å². The standard InChI is InChI=1S/C34H39F3N8O/c1-7-45(6)28(17-24(3)34(35,36)37)18-25(4)43-32(46)27-14-13-23(2)29(19-27)40-21-31-30(42-22-38-5)20-41-33(44-31)39-16-15-26-11-9-8-10-12-26/h8-14,17-22,40H,4,7,15-16H2,1-3,5-6H3,(H,39,44)(H,43,46)/b24-17+,28-18+,31-21-,38-22-,42-30-. The number of aryl methyl sites for hydroxylation is 1. The first-order valence-corrected chi connectivity index (χ1v) is 14.6. The van der Waals surface area contributed by atoms with Crippen LogP contribution in [0.3, 0.4) is 0 Å². The highest BCUT2D eigenvalue weighted by atomic mass is 19.4.